The van der Waals surface area contributed by atoms with Gasteiger partial charge >= 0.3 is 0 Å². The van der Waals surface area contributed by atoms with E-state index in [-0.39, 0.29) is 6.04 Å². The molecule has 0 saturated carbocycles. The molecule has 1 aliphatic rings. The summed E-state index contributed by atoms with van der Waals surface area (Å²) in [6.07, 6.45) is 0. The zero-order chi connectivity index (χ0) is 17.2. The molecule has 0 spiro atoms. The van der Waals surface area contributed by atoms with Gasteiger partial charge in [0.2, 0.25) is 0 Å². The van der Waals surface area contributed by atoms with Gasteiger partial charge in [0.25, 0.3) is 11.8 Å². The van der Waals surface area contributed by atoms with Gasteiger partial charge in [0.05, 0.1) is 31.1 Å². The van der Waals surface area contributed by atoms with Gasteiger partial charge in [-0.2, -0.15) is 0 Å². The predicted octanol–water partition coefficient (Wildman–Crippen LogP) is 1.97. The van der Waals surface area contributed by atoms with Gasteiger partial charge in [-0.05, 0) is 42.6 Å². The first-order valence-electron chi connectivity index (χ1n) is 8.46. The summed E-state index contributed by atoms with van der Waals surface area (Å²) in [6.45, 7) is 6.11. The minimum Gasteiger partial charge on any atom is -0.508 e. The van der Waals surface area contributed by atoms with Crippen LogP contribution in [0.2, 0.25) is 0 Å². The molecular weight excluding hydrogens is 336 g/mol. The zero-order valence-electron chi connectivity index (χ0n) is 14.1. The summed E-state index contributed by atoms with van der Waals surface area (Å²) in [7, 11) is 0. The Morgan fingerprint density at radius 1 is 1.16 bits per heavy atom. The summed E-state index contributed by atoms with van der Waals surface area (Å²) in [6, 6.07) is 11.6. The molecule has 1 fully saturated rings. The monoisotopic (exact) mass is 357 g/mol. The number of benzene rings is 1. The molecule has 0 amide bonds. The van der Waals surface area contributed by atoms with Gasteiger partial charge in [-0.1, -0.05) is 6.07 Å². The number of aromatic nitrogens is 2. The number of quaternary nitrogens is 1. The topological polar surface area (TPSA) is 66.8 Å². The molecule has 0 bridgehead atoms. The van der Waals surface area contributed by atoms with Crippen molar-refractivity contribution in [3.63, 3.8) is 0 Å². The van der Waals surface area contributed by atoms with E-state index in [0.717, 1.165) is 36.7 Å². The van der Waals surface area contributed by atoms with Crippen LogP contribution in [0.1, 0.15) is 18.9 Å². The van der Waals surface area contributed by atoms with E-state index in [1.54, 1.807) is 23.5 Å². The first kappa shape index (κ1) is 16.1. The summed E-state index contributed by atoms with van der Waals surface area (Å²) >= 11 is 1.61. The normalized spacial score (nSPS) is 16.9. The van der Waals surface area contributed by atoms with E-state index in [1.165, 1.54) is 4.90 Å². The highest BCUT2D eigenvalue weighted by Crippen LogP contribution is 2.24. The second-order valence-electron chi connectivity index (χ2n) is 6.31. The maximum Gasteiger partial charge on any atom is 0.274 e. The first-order chi connectivity index (χ1) is 12.2. The van der Waals surface area contributed by atoms with Crippen molar-refractivity contribution in [2.75, 3.05) is 31.1 Å². The first-order valence-corrected chi connectivity index (χ1v) is 9.34. The number of hydrogen-bond donors (Lipinski definition) is 2. The number of rotatable bonds is 4. The van der Waals surface area contributed by atoms with Crippen molar-refractivity contribution in [1.29, 1.82) is 0 Å². The molecule has 1 aliphatic heterocycles. The number of phenolic OH excluding ortho intramolecular Hbond substituents is 1. The highest BCUT2D eigenvalue weighted by Gasteiger charge is 2.29. The Morgan fingerprint density at radius 3 is 2.60 bits per heavy atom. The number of thiophene rings is 1. The molecule has 1 saturated heterocycles. The van der Waals surface area contributed by atoms with Crippen LogP contribution in [-0.4, -0.2) is 41.5 Å². The quantitative estimate of drug-likeness (QED) is 0.747. The molecule has 0 radical (unpaired) electrons. The van der Waals surface area contributed by atoms with Crippen molar-refractivity contribution in [3.05, 3.63) is 47.7 Å². The SMILES string of the molecule is C[C@@H](c1nnc(-c2cccs2)o1)[NH+]1CCN(c2ccc(O)cc2)CC1. The van der Waals surface area contributed by atoms with Crippen molar-refractivity contribution < 1.29 is 14.4 Å². The van der Waals surface area contributed by atoms with Crippen LogP contribution in [0.3, 0.4) is 0 Å². The molecule has 0 unspecified atom stereocenters. The molecule has 0 aliphatic carbocycles. The lowest BCUT2D eigenvalue weighted by Crippen LogP contribution is -3.14. The van der Waals surface area contributed by atoms with Crippen LogP contribution in [0, 0.1) is 0 Å². The van der Waals surface area contributed by atoms with Crippen LogP contribution >= 0.6 is 11.3 Å². The van der Waals surface area contributed by atoms with Crippen molar-refractivity contribution in [1.82, 2.24) is 10.2 Å². The zero-order valence-corrected chi connectivity index (χ0v) is 14.9. The second-order valence-corrected chi connectivity index (χ2v) is 7.25. The van der Waals surface area contributed by atoms with Gasteiger partial charge in [0.1, 0.15) is 5.75 Å². The highest BCUT2D eigenvalue weighted by atomic mass is 32.1. The fraction of sp³-hybridized carbons (Fsp3) is 0.333. The number of aromatic hydroxyl groups is 1. The van der Waals surface area contributed by atoms with E-state index in [0.29, 0.717) is 17.5 Å². The summed E-state index contributed by atoms with van der Waals surface area (Å²) in [5.74, 6) is 1.62. The number of hydrogen-bond acceptors (Lipinski definition) is 6. The van der Waals surface area contributed by atoms with E-state index in [9.17, 15) is 5.11 Å². The number of nitrogens with zero attached hydrogens (tertiary/aromatic N) is 3. The van der Waals surface area contributed by atoms with Crippen LogP contribution in [-0.2, 0) is 0 Å². The minimum atomic E-state index is 0.184. The molecule has 130 valence electrons. The Kier molecular flexibility index (Phi) is 4.42. The third-order valence-corrected chi connectivity index (χ3v) is 5.63. The van der Waals surface area contributed by atoms with Crippen molar-refractivity contribution >= 4 is 17.0 Å². The van der Waals surface area contributed by atoms with Gasteiger partial charge in [0.15, 0.2) is 6.04 Å². The molecule has 25 heavy (non-hydrogen) atoms. The number of anilines is 1. The minimum absolute atomic E-state index is 0.184. The summed E-state index contributed by atoms with van der Waals surface area (Å²) in [5, 5.41) is 19.9. The van der Waals surface area contributed by atoms with E-state index in [2.05, 4.69) is 22.0 Å². The Morgan fingerprint density at radius 2 is 1.92 bits per heavy atom. The fourth-order valence-electron chi connectivity index (χ4n) is 3.23. The van der Waals surface area contributed by atoms with E-state index in [4.69, 9.17) is 4.42 Å². The largest absolute Gasteiger partial charge is 0.508 e. The van der Waals surface area contributed by atoms with Gasteiger partial charge in [-0.25, -0.2) is 0 Å². The third-order valence-electron chi connectivity index (χ3n) is 4.78. The summed E-state index contributed by atoms with van der Waals surface area (Å²) < 4.78 is 5.89. The highest BCUT2D eigenvalue weighted by molar-refractivity contribution is 7.13. The predicted molar refractivity (Wildman–Crippen MR) is 97.0 cm³/mol. The van der Waals surface area contributed by atoms with E-state index >= 15 is 0 Å². The lowest BCUT2D eigenvalue weighted by atomic mass is 10.2. The van der Waals surface area contributed by atoms with Crippen molar-refractivity contribution in [3.8, 4) is 16.5 Å². The van der Waals surface area contributed by atoms with Crippen molar-refractivity contribution in [2.24, 2.45) is 0 Å². The molecule has 7 heteroatoms. The van der Waals surface area contributed by atoms with Crippen molar-refractivity contribution in [2.45, 2.75) is 13.0 Å². The van der Waals surface area contributed by atoms with Gasteiger partial charge in [-0.15, -0.1) is 21.5 Å². The maximum atomic E-state index is 9.42. The standard InChI is InChI=1S/C18H20N4O2S/c1-13(17-19-20-18(24-17)16-3-2-12-25-16)21-8-10-22(11-9-21)14-4-6-15(23)7-5-14/h2-7,12-13,23H,8-11H2,1H3/p+1/t13-/m0/s1. The molecular formula is C18H21N4O2S+. The Balaban J connectivity index is 1.39. The number of nitrogens with one attached hydrogen (secondary N) is 1. The van der Waals surface area contributed by atoms with Crippen LogP contribution in [0.5, 0.6) is 5.75 Å². The third kappa shape index (κ3) is 3.38. The maximum absolute atomic E-state index is 9.42. The van der Waals surface area contributed by atoms with Crippen LogP contribution in [0.25, 0.3) is 10.8 Å². The molecule has 4 rings (SSSR count). The van der Waals surface area contributed by atoms with Gasteiger partial charge in [-0.3, -0.25) is 0 Å². The van der Waals surface area contributed by atoms with Gasteiger partial charge in [0, 0.05) is 5.69 Å². The van der Waals surface area contributed by atoms with Crippen LogP contribution in [0.15, 0.2) is 46.2 Å². The molecule has 2 N–H and O–H groups in total. The second kappa shape index (κ2) is 6.85. The molecule has 3 heterocycles. The summed E-state index contributed by atoms with van der Waals surface area (Å²) in [5.41, 5.74) is 1.15. The van der Waals surface area contributed by atoms with E-state index < -0.39 is 0 Å². The average Bonchev–Trinajstić information content (AvgIpc) is 3.33. The average molecular weight is 357 g/mol. The molecule has 1 aromatic carbocycles. The van der Waals surface area contributed by atoms with E-state index in [1.807, 2.05) is 29.6 Å². The molecule has 2 aromatic heterocycles. The lowest BCUT2D eigenvalue weighted by Gasteiger charge is -2.35. The Labute approximate surface area is 150 Å². The summed E-state index contributed by atoms with van der Waals surface area (Å²) in [4.78, 5) is 4.81. The lowest BCUT2D eigenvalue weighted by molar-refractivity contribution is -0.931. The van der Waals surface area contributed by atoms with Crippen LogP contribution in [0.4, 0.5) is 5.69 Å². The molecule has 1 atom stereocenters. The molecule has 3 aromatic rings. The smallest absolute Gasteiger partial charge is 0.274 e. The van der Waals surface area contributed by atoms with Crippen LogP contribution < -0.4 is 9.80 Å². The number of piperazine rings is 1. The Bertz CT molecular complexity index is 808. The fourth-order valence-corrected chi connectivity index (χ4v) is 3.88. The Hall–Kier alpha value is -2.38. The van der Waals surface area contributed by atoms with Gasteiger partial charge < -0.3 is 19.3 Å². The molecule has 6 nitrogen and oxygen atoms in total. The number of phenols is 1.